The quantitative estimate of drug-likeness (QED) is 0.617. The topological polar surface area (TPSA) is 12.9 Å². The van der Waals surface area contributed by atoms with Crippen LogP contribution in [0.4, 0.5) is 0 Å². The minimum atomic E-state index is 0.780. The van der Waals surface area contributed by atoms with Gasteiger partial charge in [-0.05, 0) is 43.2 Å². The lowest BCUT2D eigenvalue weighted by Gasteiger charge is -2.22. The van der Waals surface area contributed by atoms with Crippen molar-refractivity contribution in [3.05, 3.63) is 29.6 Å². The Labute approximate surface area is 73.8 Å². The molecule has 1 heteroatoms. The van der Waals surface area contributed by atoms with Crippen molar-refractivity contribution in [3.8, 4) is 0 Å². The second-order valence-electron chi connectivity index (χ2n) is 3.54. The van der Waals surface area contributed by atoms with Gasteiger partial charge in [-0.25, -0.2) is 0 Å². The molecular weight excluding hydrogens is 146 g/mol. The van der Waals surface area contributed by atoms with Crippen molar-refractivity contribution in [2.24, 2.45) is 0 Å². The van der Waals surface area contributed by atoms with Gasteiger partial charge < -0.3 is 0 Å². The second-order valence-corrected chi connectivity index (χ2v) is 3.54. The Hall–Kier alpha value is -0.850. The number of nitrogens with zero attached hydrogens (tertiary/aromatic N) is 1. The Kier molecular flexibility index (Phi) is 2.11. The van der Waals surface area contributed by atoms with Gasteiger partial charge in [0.1, 0.15) is 0 Å². The number of aryl methyl sites for hydroxylation is 1. The fourth-order valence-electron chi connectivity index (χ4n) is 2.13. The van der Waals surface area contributed by atoms with E-state index in [-0.39, 0.29) is 0 Å². The van der Waals surface area contributed by atoms with E-state index in [0.717, 1.165) is 5.92 Å². The van der Waals surface area contributed by atoms with E-state index < -0.39 is 0 Å². The molecule has 0 bridgehead atoms. The zero-order valence-corrected chi connectivity index (χ0v) is 7.59. The zero-order valence-electron chi connectivity index (χ0n) is 7.59. The van der Waals surface area contributed by atoms with Crippen LogP contribution < -0.4 is 0 Å². The molecule has 0 amide bonds. The summed E-state index contributed by atoms with van der Waals surface area (Å²) in [5, 5.41) is 0. The van der Waals surface area contributed by atoms with Crippen molar-refractivity contribution in [1.82, 2.24) is 4.98 Å². The average Bonchev–Trinajstić information content (AvgIpc) is 2.17. The number of hydrogen-bond acceptors (Lipinski definition) is 1. The van der Waals surface area contributed by atoms with E-state index in [2.05, 4.69) is 24.0 Å². The van der Waals surface area contributed by atoms with Gasteiger partial charge in [-0.1, -0.05) is 13.0 Å². The standard InChI is InChI=1S/C11H15N/c1-2-9-5-3-7-11-10(9)6-4-8-12-11/h4,6,8-9H,2-3,5,7H2,1H3. The fourth-order valence-corrected chi connectivity index (χ4v) is 2.13. The van der Waals surface area contributed by atoms with Gasteiger partial charge >= 0.3 is 0 Å². The molecule has 0 radical (unpaired) electrons. The Balaban J connectivity index is 2.37. The molecule has 0 aromatic carbocycles. The third-order valence-electron chi connectivity index (χ3n) is 2.82. The first-order valence-electron chi connectivity index (χ1n) is 4.85. The summed E-state index contributed by atoms with van der Waals surface area (Å²) >= 11 is 0. The van der Waals surface area contributed by atoms with Crippen LogP contribution in [0.5, 0.6) is 0 Å². The van der Waals surface area contributed by atoms with Crippen LogP contribution in [-0.2, 0) is 6.42 Å². The van der Waals surface area contributed by atoms with E-state index >= 15 is 0 Å². The molecule has 1 nitrogen and oxygen atoms in total. The summed E-state index contributed by atoms with van der Waals surface area (Å²) in [5.41, 5.74) is 2.85. The third kappa shape index (κ3) is 1.24. The van der Waals surface area contributed by atoms with Crippen molar-refractivity contribution in [2.45, 2.75) is 38.5 Å². The summed E-state index contributed by atoms with van der Waals surface area (Å²) < 4.78 is 0. The van der Waals surface area contributed by atoms with Crippen molar-refractivity contribution in [1.29, 1.82) is 0 Å². The molecule has 0 saturated heterocycles. The molecule has 2 rings (SSSR count). The molecule has 1 unspecified atom stereocenters. The maximum atomic E-state index is 4.42. The number of hydrogen-bond donors (Lipinski definition) is 0. The van der Waals surface area contributed by atoms with E-state index in [4.69, 9.17) is 0 Å². The predicted molar refractivity (Wildman–Crippen MR) is 50.2 cm³/mol. The lowest BCUT2D eigenvalue weighted by molar-refractivity contribution is 0.531. The largest absolute Gasteiger partial charge is 0.261 e. The minimum Gasteiger partial charge on any atom is -0.261 e. The number of rotatable bonds is 1. The first-order chi connectivity index (χ1) is 5.92. The Bertz CT molecular complexity index is 267. The summed E-state index contributed by atoms with van der Waals surface area (Å²) in [6.07, 6.45) is 7.04. The summed E-state index contributed by atoms with van der Waals surface area (Å²) in [6, 6.07) is 4.31. The Morgan fingerprint density at radius 2 is 2.50 bits per heavy atom. The van der Waals surface area contributed by atoms with Crippen molar-refractivity contribution in [3.63, 3.8) is 0 Å². The van der Waals surface area contributed by atoms with E-state index in [9.17, 15) is 0 Å². The highest BCUT2D eigenvalue weighted by atomic mass is 14.7. The van der Waals surface area contributed by atoms with Gasteiger partial charge in [-0.3, -0.25) is 4.98 Å². The average molecular weight is 161 g/mol. The van der Waals surface area contributed by atoms with Gasteiger partial charge in [0.15, 0.2) is 0 Å². The molecule has 0 spiro atoms. The molecule has 1 aliphatic carbocycles. The van der Waals surface area contributed by atoms with Gasteiger partial charge in [-0.2, -0.15) is 0 Å². The molecule has 1 heterocycles. The van der Waals surface area contributed by atoms with Gasteiger partial charge in [0, 0.05) is 11.9 Å². The van der Waals surface area contributed by atoms with E-state index in [1.54, 1.807) is 0 Å². The van der Waals surface area contributed by atoms with Crippen LogP contribution >= 0.6 is 0 Å². The highest BCUT2D eigenvalue weighted by Crippen LogP contribution is 2.32. The van der Waals surface area contributed by atoms with E-state index in [1.807, 2.05) is 6.20 Å². The minimum absolute atomic E-state index is 0.780. The van der Waals surface area contributed by atoms with Gasteiger partial charge in [0.25, 0.3) is 0 Å². The van der Waals surface area contributed by atoms with E-state index in [1.165, 1.54) is 36.9 Å². The van der Waals surface area contributed by atoms with Gasteiger partial charge in [0.2, 0.25) is 0 Å². The molecule has 1 aromatic heterocycles. The van der Waals surface area contributed by atoms with Gasteiger partial charge in [-0.15, -0.1) is 0 Å². The summed E-state index contributed by atoms with van der Waals surface area (Å²) in [4.78, 5) is 4.42. The van der Waals surface area contributed by atoms with Crippen LogP contribution in [0.25, 0.3) is 0 Å². The zero-order chi connectivity index (χ0) is 8.39. The molecule has 1 aliphatic rings. The molecule has 0 N–H and O–H groups in total. The summed E-state index contributed by atoms with van der Waals surface area (Å²) in [7, 11) is 0. The van der Waals surface area contributed by atoms with Crippen LogP contribution in [0.3, 0.4) is 0 Å². The van der Waals surface area contributed by atoms with Crippen LogP contribution in [0.2, 0.25) is 0 Å². The molecule has 64 valence electrons. The Morgan fingerprint density at radius 1 is 1.58 bits per heavy atom. The lowest BCUT2D eigenvalue weighted by Crippen LogP contribution is -2.10. The number of aromatic nitrogens is 1. The highest BCUT2D eigenvalue weighted by molar-refractivity contribution is 5.26. The maximum Gasteiger partial charge on any atom is 0.0438 e. The lowest BCUT2D eigenvalue weighted by atomic mass is 9.84. The maximum absolute atomic E-state index is 4.42. The Morgan fingerprint density at radius 3 is 3.33 bits per heavy atom. The van der Waals surface area contributed by atoms with E-state index in [0.29, 0.717) is 0 Å². The molecule has 1 atom stereocenters. The number of fused-ring (bicyclic) bond motifs is 1. The van der Waals surface area contributed by atoms with Crippen LogP contribution in [0.1, 0.15) is 43.4 Å². The van der Waals surface area contributed by atoms with Crippen LogP contribution in [-0.4, -0.2) is 4.98 Å². The molecule has 0 saturated carbocycles. The third-order valence-corrected chi connectivity index (χ3v) is 2.82. The normalized spacial score (nSPS) is 21.9. The SMILES string of the molecule is CCC1CCCc2ncccc21. The van der Waals surface area contributed by atoms with Crippen LogP contribution in [0, 0.1) is 0 Å². The predicted octanol–water partition coefficient (Wildman–Crippen LogP) is 2.91. The molecule has 0 aliphatic heterocycles. The molecular formula is C11H15N. The monoisotopic (exact) mass is 161 g/mol. The molecule has 0 fully saturated rings. The molecule has 1 aromatic rings. The number of pyridine rings is 1. The first-order valence-corrected chi connectivity index (χ1v) is 4.85. The van der Waals surface area contributed by atoms with Crippen molar-refractivity contribution < 1.29 is 0 Å². The highest BCUT2D eigenvalue weighted by Gasteiger charge is 2.18. The smallest absolute Gasteiger partial charge is 0.0438 e. The molecule has 12 heavy (non-hydrogen) atoms. The van der Waals surface area contributed by atoms with Gasteiger partial charge in [0.05, 0.1) is 0 Å². The summed E-state index contributed by atoms with van der Waals surface area (Å²) in [6.45, 7) is 2.27. The van der Waals surface area contributed by atoms with Crippen molar-refractivity contribution >= 4 is 0 Å². The second kappa shape index (κ2) is 3.26. The summed E-state index contributed by atoms with van der Waals surface area (Å²) in [5.74, 6) is 0.780. The van der Waals surface area contributed by atoms with Crippen molar-refractivity contribution in [2.75, 3.05) is 0 Å². The van der Waals surface area contributed by atoms with Crippen LogP contribution in [0.15, 0.2) is 18.3 Å². The first kappa shape index (κ1) is 7.78. The fraction of sp³-hybridized carbons (Fsp3) is 0.545.